The van der Waals surface area contributed by atoms with Gasteiger partial charge in [-0.25, -0.2) is 9.97 Å². The molecule has 24 heavy (non-hydrogen) atoms. The Morgan fingerprint density at radius 1 is 1.04 bits per heavy atom. The van der Waals surface area contributed by atoms with Crippen LogP contribution in [0.3, 0.4) is 0 Å². The molecule has 1 amide bonds. The van der Waals surface area contributed by atoms with Gasteiger partial charge in [-0.1, -0.05) is 35.9 Å². The molecule has 0 bridgehead atoms. The molecule has 0 spiro atoms. The summed E-state index contributed by atoms with van der Waals surface area (Å²) in [7, 11) is 0. The third kappa shape index (κ3) is 3.88. The maximum atomic E-state index is 12.1. The summed E-state index contributed by atoms with van der Waals surface area (Å²) in [5.74, 6) is 0.232. The number of nitrogens with zero attached hydrogens (tertiary/aromatic N) is 2. The van der Waals surface area contributed by atoms with Crippen molar-refractivity contribution in [2.75, 3.05) is 10.6 Å². The van der Waals surface area contributed by atoms with Gasteiger partial charge in [-0.3, -0.25) is 4.79 Å². The highest BCUT2D eigenvalue weighted by molar-refractivity contribution is 6.30. The van der Waals surface area contributed by atoms with Gasteiger partial charge in [0.1, 0.15) is 11.5 Å². The largest absolute Gasteiger partial charge is 0.339 e. The SMILES string of the molecule is Cc1ccc(Cl)cc1Nc1cnc(C(=O)Nc2ccccc2)cn1. The zero-order valence-electron chi connectivity index (χ0n) is 13.0. The van der Waals surface area contributed by atoms with Crippen LogP contribution in [0, 0.1) is 6.92 Å². The van der Waals surface area contributed by atoms with Crippen molar-refractivity contribution in [3.05, 3.63) is 77.2 Å². The van der Waals surface area contributed by atoms with Gasteiger partial charge >= 0.3 is 0 Å². The topological polar surface area (TPSA) is 66.9 Å². The van der Waals surface area contributed by atoms with E-state index in [2.05, 4.69) is 20.6 Å². The first-order valence-electron chi connectivity index (χ1n) is 7.33. The van der Waals surface area contributed by atoms with E-state index in [9.17, 15) is 4.79 Å². The van der Waals surface area contributed by atoms with Crippen LogP contribution in [-0.2, 0) is 0 Å². The monoisotopic (exact) mass is 338 g/mol. The molecule has 0 radical (unpaired) electrons. The third-order valence-electron chi connectivity index (χ3n) is 3.38. The highest BCUT2D eigenvalue weighted by Gasteiger charge is 2.09. The quantitative estimate of drug-likeness (QED) is 0.738. The smallest absolute Gasteiger partial charge is 0.275 e. The molecule has 0 aliphatic heterocycles. The van der Waals surface area contributed by atoms with E-state index in [1.54, 1.807) is 0 Å². The van der Waals surface area contributed by atoms with Crippen LogP contribution in [0.2, 0.25) is 5.02 Å². The van der Waals surface area contributed by atoms with Crippen LogP contribution >= 0.6 is 11.6 Å². The van der Waals surface area contributed by atoms with Gasteiger partial charge in [-0.15, -0.1) is 0 Å². The normalized spacial score (nSPS) is 10.2. The van der Waals surface area contributed by atoms with Crippen molar-refractivity contribution in [3.8, 4) is 0 Å². The summed E-state index contributed by atoms with van der Waals surface area (Å²) in [6, 6.07) is 14.8. The summed E-state index contributed by atoms with van der Waals surface area (Å²) in [5.41, 5.74) is 2.83. The van der Waals surface area contributed by atoms with Crippen LogP contribution in [0.5, 0.6) is 0 Å². The number of carbonyl (C=O) groups excluding carboxylic acids is 1. The Hall–Kier alpha value is -2.92. The van der Waals surface area contributed by atoms with Crippen LogP contribution in [0.1, 0.15) is 16.1 Å². The number of benzene rings is 2. The molecule has 1 heterocycles. The Balaban J connectivity index is 1.71. The number of aromatic nitrogens is 2. The second kappa shape index (κ2) is 7.10. The first-order chi connectivity index (χ1) is 11.6. The molecule has 0 fully saturated rings. The Morgan fingerprint density at radius 2 is 1.83 bits per heavy atom. The fourth-order valence-corrected chi connectivity index (χ4v) is 2.27. The van der Waals surface area contributed by atoms with Gasteiger partial charge in [0.05, 0.1) is 12.4 Å². The zero-order valence-corrected chi connectivity index (χ0v) is 13.7. The first-order valence-corrected chi connectivity index (χ1v) is 7.71. The van der Waals surface area contributed by atoms with Crippen molar-refractivity contribution in [1.82, 2.24) is 9.97 Å². The highest BCUT2D eigenvalue weighted by atomic mass is 35.5. The number of rotatable bonds is 4. The molecule has 0 saturated heterocycles. The number of hydrogen-bond donors (Lipinski definition) is 2. The Bertz CT molecular complexity index is 851. The molecular weight excluding hydrogens is 324 g/mol. The molecule has 0 unspecified atom stereocenters. The van der Waals surface area contributed by atoms with E-state index in [0.717, 1.165) is 11.3 Å². The lowest BCUT2D eigenvalue weighted by molar-refractivity contribution is 0.102. The van der Waals surface area contributed by atoms with Crippen molar-refractivity contribution < 1.29 is 4.79 Å². The molecule has 5 nitrogen and oxygen atoms in total. The third-order valence-corrected chi connectivity index (χ3v) is 3.61. The molecule has 0 saturated carbocycles. The van der Waals surface area contributed by atoms with E-state index in [-0.39, 0.29) is 11.6 Å². The lowest BCUT2D eigenvalue weighted by Gasteiger charge is -2.09. The van der Waals surface area contributed by atoms with Crippen molar-refractivity contribution in [2.24, 2.45) is 0 Å². The van der Waals surface area contributed by atoms with Crippen molar-refractivity contribution in [1.29, 1.82) is 0 Å². The van der Waals surface area contributed by atoms with E-state index in [0.29, 0.717) is 16.5 Å². The molecule has 1 aromatic heterocycles. The van der Waals surface area contributed by atoms with Crippen LogP contribution in [0.15, 0.2) is 60.9 Å². The van der Waals surface area contributed by atoms with Crippen molar-refractivity contribution in [2.45, 2.75) is 6.92 Å². The summed E-state index contributed by atoms with van der Waals surface area (Å²) in [5, 5.41) is 6.54. The first kappa shape index (κ1) is 16.0. The molecule has 2 aromatic carbocycles. The van der Waals surface area contributed by atoms with Gasteiger partial charge in [0.15, 0.2) is 0 Å². The number of amides is 1. The number of hydrogen-bond acceptors (Lipinski definition) is 4. The lowest BCUT2D eigenvalue weighted by Crippen LogP contribution is -2.14. The number of nitrogens with one attached hydrogen (secondary N) is 2. The summed E-state index contributed by atoms with van der Waals surface area (Å²) >= 11 is 6.00. The highest BCUT2D eigenvalue weighted by Crippen LogP contribution is 2.23. The van der Waals surface area contributed by atoms with E-state index in [4.69, 9.17) is 11.6 Å². The average Bonchev–Trinajstić information content (AvgIpc) is 2.60. The molecule has 0 atom stereocenters. The number of aryl methyl sites for hydroxylation is 1. The maximum absolute atomic E-state index is 12.1. The van der Waals surface area contributed by atoms with E-state index in [1.807, 2.05) is 55.5 Å². The van der Waals surface area contributed by atoms with Crippen LogP contribution in [-0.4, -0.2) is 15.9 Å². The number of para-hydroxylation sites is 1. The van der Waals surface area contributed by atoms with Gasteiger partial charge in [0, 0.05) is 16.4 Å². The maximum Gasteiger partial charge on any atom is 0.275 e. The summed E-state index contributed by atoms with van der Waals surface area (Å²) in [6.07, 6.45) is 2.95. The molecule has 6 heteroatoms. The number of halogens is 1. The van der Waals surface area contributed by atoms with Crippen LogP contribution in [0.4, 0.5) is 17.2 Å². The van der Waals surface area contributed by atoms with Crippen LogP contribution < -0.4 is 10.6 Å². The van der Waals surface area contributed by atoms with Crippen molar-refractivity contribution in [3.63, 3.8) is 0 Å². The van der Waals surface area contributed by atoms with E-state index < -0.39 is 0 Å². The number of anilines is 3. The van der Waals surface area contributed by atoms with Gasteiger partial charge < -0.3 is 10.6 Å². The van der Waals surface area contributed by atoms with Crippen molar-refractivity contribution >= 4 is 34.7 Å². The van der Waals surface area contributed by atoms with Gasteiger partial charge in [-0.2, -0.15) is 0 Å². The minimum absolute atomic E-state index is 0.243. The molecule has 2 N–H and O–H groups in total. The Kier molecular flexibility index (Phi) is 4.72. The summed E-state index contributed by atoms with van der Waals surface area (Å²) in [4.78, 5) is 20.5. The average molecular weight is 339 g/mol. The predicted octanol–water partition coefficient (Wildman–Crippen LogP) is 4.43. The van der Waals surface area contributed by atoms with Gasteiger partial charge in [0.2, 0.25) is 0 Å². The zero-order chi connectivity index (χ0) is 16.9. The minimum Gasteiger partial charge on any atom is -0.339 e. The Labute approximate surface area is 144 Å². The molecule has 0 aliphatic carbocycles. The Morgan fingerprint density at radius 3 is 2.54 bits per heavy atom. The fourth-order valence-electron chi connectivity index (χ4n) is 2.09. The fraction of sp³-hybridized carbons (Fsp3) is 0.0556. The summed E-state index contributed by atoms with van der Waals surface area (Å²) < 4.78 is 0. The molecule has 0 aliphatic rings. The molecule has 3 rings (SSSR count). The minimum atomic E-state index is -0.306. The molecular formula is C18H15ClN4O. The van der Waals surface area contributed by atoms with Gasteiger partial charge in [0.25, 0.3) is 5.91 Å². The molecule has 3 aromatic rings. The summed E-state index contributed by atoms with van der Waals surface area (Å²) in [6.45, 7) is 1.97. The standard InChI is InChI=1S/C18H15ClN4O/c1-12-7-8-13(19)9-15(12)23-17-11-20-16(10-21-17)18(24)22-14-5-3-2-4-6-14/h2-11H,1H3,(H,21,23)(H,22,24). The van der Waals surface area contributed by atoms with E-state index >= 15 is 0 Å². The molecule has 120 valence electrons. The van der Waals surface area contributed by atoms with Crippen LogP contribution in [0.25, 0.3) is 0 Å². The second-order valence-electron chi connectivity index (χ2n) is 5.19. The predicted molar refractivity (Wildman–Crippen MR) is 95.9 cm³/mol. The van der Waals surface area contributed by atoms with E-state index in [1.165, 1.54) is 12.4 Å². The number of carbonyl (C=O) groups is 1. The van der Waals surface area contributed by atoms with Gasteiger partial charge in [-0.05, 0) is 36.8 Å². The lowest BCUT2D eigenvalue weighted by atomic mass is 10.2. The second-order valence-corrected chi connectivity index (χ2v) is 5.63.